The van der Waals surface area contributed by atoms with Crippen LogP contribution in [0.5, 0.6) is 11.5 Å². The van der Waals surface area contributed by atoms with E-state index in [2.05, 4.69) is 0 Å². The van der Waals surface area contributed by atoms with Crippen LogP contribution in [0.3, 0.4) is 0 Å². The van der Waals surface area contributed by atoms with Crippen LogP contribution in [0.2, 0.25) is 0 Å². The highest BCUT2D eigenvalue weighted by atomic mass is 16.6. The Hall–Kier alpha value is -3.13. The number of ether oxygens (including phenoxy) is 2. The Morgan fingerprint density at radius 3 is 2.69 bits per heavy atom. The third kappa shape index (κ3) is 4.65. The lowest BCUT2D eigenvalue weighted by Gasteiger charge is -2.24. The monoisotopic (exact) mass is 400 g/mol. The van der Waals surface area contributed by atoms with Gasteiger partial charge >= 0.3 is 0 Å². The van der Waals surface area contributed by atoms with Crippen molar-refractivity contribution in [3.8, 4) is 11.5 Å². The predicted octanol–water partition coefficient (Wildman–Crippen LogP) is 3.17. The average Bonchev–Trinajstić information content (AvgIpc) is 3.20. The summed E-state index contributed by atoms with van der Waals surface area (Å²) in [7, 11) is 1.43. The Bertz CT molecular complexity index is 871. The molecule has 0 radical (unpaired) electrons. The summed E-state index contributed by atoms with van der Waals surface area (Å²) < 4.78 is 11.1. The van der Waals surface area contributed by atoms with Gasteiger partial charge in [0, 0.05) is 25.3 Å². The molecule has 1 aliphatic rings. The van der Waals surface area contributed by atoms with Gasteiger partial charge in [0.2, 0.25) is 0 Å². The number of benzene rings is 2. The normalized spacial score (nSPS) is 15.9. The zero-order valence-corrected chi connectivity index (χ0v) is 16.2. The average molecular weight is 400 g/mol. The molecule has 1 heterocycles. The summed E-state index contributed by atoms with van der Waals surface area (Å²) in [5.41, 5.74) is 0.540. The Labute approximate surface area is 168 Å². The fraction of sp³-hybridized carbons (Fsp3) is 0.381. The maximum Gasteiger partial charge on any atom is 0.286 e. The van der Waals surface area contributed by atoms with Crippen molar-refractivity contribution in [2.24, 2.45) is 0 Å². The summed E-state index contributed by atoms with van der Waals surface area (Å²) in [6.07, 6.45) is 2.03. The zero-order chi connectivity index (χ0) is 20.8. The predicted molar refractivity (Wildman–Crippen MR) is 106 cm³/mol. The van der Waals surface area contributed by atoms with Gasteiger partial charge in [-0.3, -0.25) is 14.9 Å². The number of likely N-dealkylation sites (tertiary alicyclic amines) is 1. The van der Waals surface area contributed by atoms with Gasteiger partial charge < -0.3 is 19.5 Å². The fourth-order valence-electron chi connectivity index (χ4n) is 3.59. The quantitative estimate of drug-likeness (QED) is 0.539. The number of aliphatic hydroxyl groups excluding tert-OH is 1. The zero-order valence-electron chi connectivity index (χ0n) is 16.2. The minimum atomic E-state index is -0.584. The molecule has 2 aromatic rings. The molecule has 154 valence electrons. The number of hydrogen-bond donors (Lipinski definition) is 1. The van der Waals surface area contributed by atoms with Crippen LogP contribution in [0, 0.1) is 10.1 Å². The van der Waals surface area contributed by atoms with E-state index in [0.717, 1.165) is 18.4 Å². The lowest BCUT2D eigenvalue weighted by Crippen LogP contribution is -2.36. The third-order valence-electron chi connectivity index (χ3n) is 5.05. The van der Waals surface area contributed by atoms with E-state index in [1.54, 1.807) is 4.90 Å². The van der Waals surface area contributed by atoms with E-state index >= 15 is 0 Å². The Kier molecular flexibility index (Phi) is 6.66. The van der Waals surface area contributed by atoms with Gasteiger partial charge in [0.25, 0.3) is 11.6 Å². The Balaban J connectivity index is 1.91. The molecule has 0 unspecified atom stereocenters. The maximum atomic E-state index is 13.1. The van der Waals surface area contributed by atoms with Gasteiger partial charge in [-0.2, -0.15) is 0 Å². The number of rotatable bonds is 8. The summed E-state index contributed by atoms with van der Waals surface area (Å²) in [4.78, 5) is 25.7. The van der Waals surface area contributed by atoms with Gasteiger partial charge in [-0.05, 0) is 24.8 Å². The minimum absolute atomic E-state index is 0.0356. The van der Waals surface area contributed by atoms with E-state index < -0.39 is 10.8 Å². The van der Waals surface area contributed by atoms with Crippen LogP contribution in [0.1, 0.15) is 35.2 Å². The molecule has 3 rings (SSSR count). The summed E-state index contributed by atoms with van der Waals surface area (Å²) >= 11 is 0. The number of carbonyl (C=O) groups excluding carboxylic acids is 1. The van der Waals surface area contributed by atoms with Crippen molar-refractivity contribution in [3.63, 3.8) is 0 Å². The second-order valence-electron chi connectivity index (χ2n) is 6.86. The van der Waals surface area contributed by atoms with Crippen LogP contribution >= 0.6 is 0 Å². The lowest BCUT2D eigenvalue weighted by molar-refractivity contribution is -0.385. The van der Waals surface area contributed by atoms with Crippen molar-refractivity contribution in [2.75, 3.05) is 20.3 Å². The summed E-state index contributed by atoms with van der Waals surface area (Å²) in [5, 5.41) is 20.9. The van der Waals surface area contributed by atoms with E-state index in [1.807, 2.05) is 30.3 Å². The van der Waals surface area contributed by atoms with Gasteiger partial charge in [-0.25, -0.2) is 0 Å². The SMILES string of the molecule is COc1cc(C(=O)N2CCC[C@H]2CCO)c([N+](=O)[O-])cc1OCc1ccccc1. The second-order valence-corrected chi connectivity index (χ2v) is 6.86. The number of nitro groups is 1. The number of carbonyl (C=O) groups is 1. The first-order valence-corrected chi connectivity index (χ1v) is 9.50. The first kappa shape index (κ1) is 20.6. The largest absolute Gasteiger partial charge is 0.493 e. The number of hydrogen-bond acceptors (Lipinski definition) is 6. The molecule has 29 heavy (non-hydrogen) atoms. The van der Waals surface area contributed by atoms with E-state index in [-0.39, 0.29) is 42.0 Å². The number of nitro benzene ring substituents is 1. The van der Waals surface area contributed by atoms with Crippen molar-refractivity contribution in [3.05, 3.63) is 63.7 Å². The van der Waals surface area contributed by atoms with Crippen molar-refractivity contribution >= 4 is 11.6 Å². The molecule has 1 N–H and O–H groups in total. The molecule has 1 amide bonds. The topological polar surface area (TPSA) is 102 Å². The van der Waals surface area contributed by atoms with Gasteiger partial charge in [0.15, 0.2) is 11.5 Å². The molecule has 8 nitrogen and oxygen atoms in total. The van der Waals surface area contributed by atoms with Crippen molar-refractivity contribution in [1.82, 2.24) is 4.90 Å². The first-order valence-electron chi connectivity index (χ1n) is 9.50. The molecule has 1 atom stereocenters. The van der Waals surface area contributed by atoms with Gasteiger partial charge in [-0.15, -0.1) is 0 Å². The highest BCUT2D eigenvalue weighted by molar-refractivity contribution is 5.99. The van der Waals surface area contributed by atoms with Crippen LogP contribution in [0.25, 0.3) is 0 Å². The summed E-state index contributed by atoms with van der Waals surface area (Å²) in [6.45, 7) is 0.688. The lowest BCUT2D eigenvalue weighted by atomic mass is 10.1. The smallest absolute Gasteiger partial charge is 0.286 e. The minimum Gasteiger partial charge on any atom is -0.493 e. The molecular weight excluding hydrogens is 376 g/mol. The molecule has 1 saturated heterocycles. The Morgan fingerprint density at radius 2 is 2.03 bits per heavy atom. The van der Waals surface area contributed by atoms with Crippen molar-refractivity contribution in [2.45, 2.75) is 31.9 Å². The van der Waals surface area contributed by atoms with E-state index in [1.165, 1.54) is 19.2 Å². The molecule has 0 aliphatic carbocycles. The van der Waals surface area contributed by atoms with Crippen LogP contribution in [0.15, 0.2) is 42.5 Å². The standard InChI is InChI=1S/C21H24N2O6/c1-28-19-12-17(21(25)22-10-5-8-16(22)9-11-24)18(23(26)27)13-20(19)29-14-15-6-3-2-4-7-15/h2-4,6-7,12-13,16,24H,5,8-11,14H2,1H3/t16-/m0/s1. The Morgan fingerprint density at radius 1 is 1.28 bits per heavy atom. The highest BCUT2D eigenvalue weighted by Crippen LogP contribution is 2.37. The molecule has 1 aliphatic heterocycles. The molecule has 0 saturated carbocycles. The highest BCUT2D eigenvalue weighted by Gasteiger charge is 2.34. The van der Waals surface area contributed by atoms with Crippen LogP contribution in [-0.2, 0) is 6.61 Å². The molecule has 8 heteroatoms. The molecule has 0 aromatic heterocycles. The van der Waals surface area contributed by atoms with Gasteiger partial charge in [-0.1, -0.05) is 30.3 Å². The number of nitrogens with zero attached hydrogens (tertiary/aromatic N) is 2. The van der Waals surface area contributed by atoms with E-state index in [0.29, 0.717) is 13.0 Å². The van der Waals surface area contributed by atoms with Crippen LogP contribution in [0.4, 0.5) is 5.69 Å². The maximum absolute atomic E-state index is 13.1. The second kappa shape index (κ2) is 9.38. The van der Waals surface area contributed by atoms with Crippen LogP contribution < -0.4 is 9.47 Å². The summed E-state index contributed by atoms with van der Waals surface area (Å²) in [5.74, 6) is 0.0290. The number of aliphatic hydroxyl groups is 1. The number of amides is 1. The van der Waals surface area contributed by atoms with Gasteiger partial charge in [0.05, 0.1) is 18.1 Å². The van der Waals surface area contributed by atoms with Crippen molar-refractivity contribution < 1.29 is 24.3 Å². The van der Waals surface area contributed by atoms with Crippen molar-refractivity contribution in [1.29, 1.82) is 0 Å². The molecular formula is C21H24N2O6. The van der Waals surface area contributed by atoms with E-state index in [4.69, 9.17) is 9.47 Å². The van der Waals surface area contributed by atoms with Gasteiger partial charge in [0.1, 0.15) is 12.2 Å². The fourth-order valence-corrected chi connectivity index (χ4v) is 3.59. The molecule has 2 aromatic carbocycles. The molecule has 0 bridgehead atoms. The molecule has 0 spiro atoms. The molecule has 1 fully saturated rings. The third-order valence-corrected chi connectivity index (χ3v) is 5.05. The number of methoxy groups -OCH3 is 1. The van der Waals surface area contributed by atoms with Crippen LogP contribution in [-0.4, -0.2) is 47.1 Å². The first-order chi connectivity index (χ1) is 14.0. The summed E-state index contributed by atoms with van der Waals surface area (Å²) in [6, 6.07) is 11.9. The van der Waals surface area contributed by atoms with E-state index in [9.17, 15) is 20.0 Å².